The fourth-order valence-electron chi connectivity index (χ4n) is 5.33. The molecule has 0 amide bonds. The molecule has 0 aliphatic carbocycles. The van der Waals surface area contributed by atoms with E-state index in [-0.39, 0.29) is 46.7 Å². The number of esters is 1. The zero-order valence-electron chi connectivity index (χ0n) is 28.3. The van der Waals surface area contributed by atoms with Crippen molar-refractivity contribution < 1.29 is 42.8 Å². The number of hydrogen-bond donors (Lipinski definition) is 4. The Labute approximate surface area is 297 Å². The minimum Gasteiger partial charge on any atom is -0.479 e. The van der Waals surface area contributed by atoms with E-state index in [1.807, 2.05) is 67.6 Å². The van der Waals surface area contributed by atoms with Gasteiger partial charge >= 0.3 is 13.7 Å². The van der Waals surface area contributed by atoms with Crippen LogP contribution in [0, 0.1) is 15.2 Å². The van der Waals surface area contributed by atoms with E-state index in [0.29, 0.717) is 9.22 Å². The SMILES string of the molecule is COc1nc(N)nc2c1nc(I)n2[C@@H]1O[C@H](COP(=O)(N[C@H](C(=O)OCC(C)(C)C)C(C)C)Oc2cccc3ccccc23)C(O)[C@@]1(C)O. The van der Waals surface area contributed by atoms with E-state index in [1.54, 1.807) is 32.0 Å². The van der Waals surface area contributed by atoms with Gasteiger partial charge in [0.25, 0.3) is 0 Å². The number of halogens is 1. The van der Waals surface area contributed by atoms with Crippen LogP contribution in [-0.4, -0.2) is 79.9 Å². The number of methoxy groups -OCH3 is 1. The van der Waals surface area contributed by atoms with Crippen molar-refractivity contribution >= 4 is 64.2 Å². The molecule has 2 unspecified atom stereocenters. The van der Waals surface area contributed by atoms with Crippen LogP contribution in [0.25, 0.3) is 21.9 Å². The number of nitrogens with two attached hydrogens (primary N) is 1. The molecule has 49 heavy (non-hydrogen) atoms. The van der Waals surface area contributed by atoms with Gasteiger partial charge in [0.05, 0.1) is 20.3 Å². The highest BCUT2D eigenvalue weighted by molar-refractivity contribution is 14.1. The number of nitrogens with one attached hydrogen (secondary N) is 1. The molecule has 5 N–H and O–H groups in total. The summed E-state index contributed by atoms with van der Waals surface area (Å²) in [5.74, 6) is -0.757. The summed E-state index contributed by atoms with van der Waals surface area (Å²) in [5.41, 5.74) is 4.16. The summed E-state index contributed by atoms with van der Waals surface area (Å²) in [6.07, 6.45) is -4.02. The minimum atomic E-state index is -4.44. The summed E-state index contributed by atoms with van der Waals surface area (Å²) in [5, 5.41) is 27.2. The van der Waals surface area contributed by atoms with Gasteiger partial charge in [-0.05, 0) is 29.7 Å². The Morgan fingerprint density at radius 3 is 2.55 bits per heavy atom. The van der Waals surface area contributed by atoms with Gasteiger partial charge < -0.3 is 34.7 Å². The molecule has 15 nitrogen and oxygen atoms in total. The smallest absolute Gasteiger partial charge is 0.459 e. The third-order valence-corrected chi connectivity index (χ3v) is 10.2. The lowest BCUT2D eigenvalue weighted by atomic mass is 9.96. The van der Waals surface area contributed by atoms with Crippen LogP contribution in [0.15, 0.2) is 42.5 Å². The number of carbonyl (C=O) groups excluding carboxylic acids is 1. The number of aliphatic hydroxyl groups excluding tert-OH is 1. The number of ether oxygens (including phenoxy) is 3. The molecule has 5 rings (SSSR count). The quantitative estimate of drug-likeness (QED) is 0.0670. The molecule has 0 saturated carbocycles. The second kappa shape index (κ2) is 14.2. The molecule has 0 radical (unpaired) electrons. The van der Waals surface area contributed by atoms with Gasteiger partial charge in [-0.25, -0.2) is 9.55 Å². The third kappa shape index (κ3) is 7.95. The van der Waals surface area contributed by atoms with Crippen LogP contribution in [0.4, 0.5) is 5.95 Å². The van der Waals surface area contributed by atoms with Crippen LogP contribution < -0.4 is 20.1 Å². The first-order valence-electron chi connectivity index (χ1n) is 15.6. The average Bonchev–Trinajstić information content (AvgIpc) is 3.47. The summed E-state index contributed by atoms with van der Waals surface area (Å²) in [4.78, 5) is 26.1. The Bertz CT molecular complexity index is 1880. The molecule has 0 bridgehead atoms. The van der Waals surface area contributed by atoms with E-state index < -0.39 is 50.4 Å². The number of aromatic nitrogens is 4. The maximum absolute atomic E-state index is 14.7. The monoisotopic (exact) mass is 812 g/mol. The number of hydrogen-bond acceptors (Lipinski definition) is 13. The highest BCUT2D eigenvalue weighted by atomic mass is 127. The number of rotatable bonds is 12. The van der Waals surface area contributed by atoms with E-state index in [9.17, 15) is 19.6 Å². The number of benzene rings is 2. The molecule has 2 aromatic heterocycles. The molecule has 3 heterocycles. The number of aliphatic hydroxyl groups is 2. The molecule has 2 aromatic carbocycles. The van der Waals surface area contributed by atoms with E-state index in [2.05, 4.69) is 20.0 Å². The van der Waals surface area contributed by atoms with Gasteiger partial charge in [-0.3, -0.25) is 13.9 Å². The topological polar surface area (TPSA) is 202 Å². The van der Waals surface area contributed by atoms with Gasteiger partial charge in [0.2, 0.25) is 11.8 Å². The van der Waals surface area contributed by atoms with E-state index in [4.69, 9.17) is 29.0 Å². The van der Waals surface area contributed by atoms with Crippen molar-refractivity contribution in [3.05, 3.63) is 46.3 Å². The predicted octanol–water partition coefficient (Wildman–Crippen LogP) is 4.59. The lowest BCUT2D eigenvalue weighted by molar-refractivity contribution is -0.149. The molecule has 0 spiro atoms. The molecule has 1 saturated heterocycles. The molecule has 4 aromatic rings. The zero-order valence-corrected chi connectivity index (χ0v) is 31.3. The first kappa shape index (κ1) is 37.1. The number of carbonyl (C=O) groups is 1. The standard InChI is InChI=1S/C32H42IN6O9P/c1-17(2)22(27(41)45-16-31(3,4)5)38-49(43,48-20-14-10-12-18-11-8-9-13-19(18)20)46-15-21-24(40)32(6,42)28(47-21)39-25-23(35-29(39)33)26(44-7)37-30(34)36-25/h8-14,17,21-22,24,28,40,42H,15-16H2,1-7H3,(H,38,43)(H2,34,36,37)/t21-,22+,24?,28-,32-,49?/m1/s1. The summed E-state index contributed by atoms with van der Waals surface area (Å²) in [6, 6.07) is 11.5. The predicted molar refractivity (Wildman–Crippen MR) is 190 cm³/mol. The molecule has 17 heteroatoms. The number of nitrogen functional groups attached to an aromatic ring is 1. The summed E-state index contributed by atoms with van der Waals surface area (Å²) in [6.45, 7) is 10.3. The normalized spacial score (nSPS) is 23.1. The van der Waals surface area contributed by atoms with Crippen LogP contribution in [-0.2, 0) is 23.4 Å². The molecule has 266 valence electrons. The average molecular weight is 813 g/mol. The van der Waals surface area contributed by atoms with Gasteiger partial charge in [0, 0.05) is 28.0 Å². The molecule has 1 fully saturated rings. The summed E-state index contributed by atoms with van der Waals surface area (Å²) >= 11 is 1.93. The highest BCUT2D eigenvalue weighted by Gasteiger charge is 2.55. The zero-order chi connectivity index (χ0) is 35.9. The Hall–Kier alpha value is -3.12. The first-order valence-corrected chi connectivity index (χ1v) is 18.2. The van der Waals surface area contributed by atoms with Crippen LogP contribution in [0.3, 0.4) is 0 Å². The second-order valence-corrected chi connectivity index (χ2v) is 16.3. The lowest BCUT2D eigenvalue weighted by Gasteiger charge is -2.29. The fourth-order valence-corrected chi connectivity index (χ4v) is 7.74. The third-order valence-electron chi connectivity index (χ3n) is 7.91. The van der Waals surface area contributed by atoms with E-state index >= 15 is 0 Å². The summed E-state index contributed by atoms with van der Waals surface area (Å²) in [7, 11) is -3.03. The van der Waals surface area contributed by atoms with Gasteiger partial charge in [0.1, 0.15) is 29.6 Å². The lowest BCUT2D eigenvalue weighted by Crippen LogP contribution is -2.45. The van der Waals surface area contributed by atoms with Crippen molar-refractivity contribution in [3.63, 3.8) is 0 Å². The van der Waals surface area contributed by atoms with Gasteiger partial charge in [0.15, 0.2) is 21.2 Å². The number of nitrogens with zero attached hydrogens (tertiary/aromatic N) is 4. The fraction of sp³-hybridized carbons (Fsp3) is 0.500. The Morgan fingerprint density at radius 1 is 1.18 bits per heavy atom. The van der Waals surface area contributed by atoms with E-state index in [1.165, 1.54) is 18.6 Å². The molecular formula is C32H42IN6O9P. The van der Waals surface area contributed by atoms with Crippen molar-refractivity contribution in [2.24, 2.45) is 11.3 Å². The number of fused-ring (bicyclic) bond motifs is 2. The molecule has 1 aliphatic heterocycles. The minimum absolute atomic E-state index is 0.0988. The summed E-state index contributed by atoms with van der Waals surface area (Å²) < 4.78 is 45.6. The van der Waals surface area contributed by atoms with Crippen LogP contribution in [0.2, 0.25) is 0 Å². The van der Waals surface area contributed by atoms with Crippen molar-refractivity contribution in [1.82, 2.24) is 24.6 Å². The largest absolute Gasteiger partial charge is 0.479 e. The molecule has 6 atom stereocenters. The van der Waals surface area contributed by atoms with Crippen LogP contribution in [0.1, 0.15) is 47.8 Å². The first-order chi connectivity index (χ1) is 22.9. The molecular weight excluding hydrogens is 770 g/mol. The van der Waals surface area contributed by atoms with Crippen LogP contribution >= 0.6 is 30.3 Å². The van der Waals surface area contributed by atoms with Crippen molar-refractivity contribution in [2.75, 3.05) is 26.1 Å². The second-order valence-electron chi connectivity index (χ2n) is 13.6. The van der Waals surface area contributed by atoms with Gasteiger partial charge in [-0.15, -0.1) is 0 Å². The van der Waals surface area contributed by atoms with Crippen LogP contribution in [0.5, 0.6) is 11.6 Å². The Kier molecular flexibility index (Phi) is 10.8. The van der Waals surface area contributed by atoms with Crippen molar-refractivity contribution in [1.29, 1.82) is 0 Å². The van der Waals surface area contributed by atoms with Gasteiger partial charge in [-0.1, -0.05) is 71.0 Å². The maximum atomic E-state index is 14.7. The van der Waals surface area contributed by atoms with Gasteiger partial charge in [-0.2, -0.15) is 15.1 Å². The Morgan fingerprint density at radius 2 is 1.88 bits per heavy atom. The highest BCUT2D eigenvalue weighted by Crippen LogP contribution is 2.49. The number of anilines is 1. The number of imidazole rings is 1. The molecule has 1 aliphatic rings. The maximum Gasteiger partial charge on any atom is 0.459 e. The van der Waals surface area contributed by atoms with Crippen molar-refractivity contribution in [3.8, 4) is 11.6 Å². The van der Waals surface area contributed by atoms with Crippen molar-refractivity contribution in [2.45, 2.75) is 71.6 Å². The Balaban J connectivity index is 1.46. The van der Waals surface area contributed by atoms with E-state index in [0.717, 1.165) is 5.39 Å².